The summed E-state index contributed by atoms with van der Waals surface area (Å²) >= 11 is 1.17. The highest BCUT2D eigenvalue weighted by Gasteiger charge is 2.48. The van der Waals surface area contributed by atoms with Crippen molar-refractivity contribution in [3.05, 3.63) is 51.7 Å². The maximum Gasteiger partial charge on any atom is 0.471 e. The van der Waals surface area contributed by atoms with Gasteiger partial charge in [-0.15, -0.1) is 11.3 Å². The summed E-state index contributed by atoms with van der Waals surface area (Å²) in [6.45, 7) is 3.12. The highest BCUT2D eigenvalue weighted by atomic mass is 32.1. The third kappa shape index (κ3) is 5.56. The number of alkyl halides is 3. The number of thiophene rings is 1. The van der Waals surface area contributed by atoms with Crippen LogP contribution in [0.3, 0.4) is 0 Å². The lowest BCUT2D eigenvalue weighted by Gasteiger charge is -2.33. The van der Waals surface area contributed by atoms with E-state index >= 15 is 0 Å². The predicted molar refractivity (Wildman–Crippen MR) is 117 cm³/mol. The van der Waals surface area contributed by atoms with Crippen molar-refractivity contribution in [2.24, 2.45) is 0 Å². The van der Waals surface area contributed by atoms with Gasteiger partial charge in [-0.3, -0.25) is 19.3 Å². The first-order valence-corrected chi connectivity index (χ1v) is 11.3. The Morgan fingerprint density at radius 2 is 1.66 bits per heavy atom. The number of carbonyl (C=O) groups is 3. The van der Waals surface area contributed by atoms with Gasteiger partial charge in [0.1, 0.15) is 0 Å². The van der Waals surface area contributed by atoms with Gasteiger partial charge in [0, 0.05) is 27.0 Å². The highest BCUT2D eigenvalue weighted by molar-refractivity contribution is 7.12. The molecule has 32 heavy (non-hydrogen) atoms. The fourth-order valence-electron chi connectivity index (χ4n) is 3.88. The van der Waals surface area contributed by atoms with Gasteiger partial charge < -0.3 is 5.32 Å². The van der Waals surface area contributed by atoms with E-state index in [1.165, 1.54) is 42.5 Å². The first-order valence-electron chi connectivity index (χ1n) is 10.5. The Balaban J connectivity index is 2.06. The van der Waals surface area contributed by atoms with E-state index in [0.29, 0.717) is 15.3 Å². The Morgan fingerprint density at radius 1 is 1.03 bits per heavy atom. The number of anilines is 1. The SMILES string of the molecule is CC(=O)c1ccc(N(C(=O)C(F)(F)F)C(C(=O)NC2CCCCC2)c2ccc(C)s2)cc1. The van der Waals surface area contributed by atoms with Gasteiger partial charge in [0.15, 0.2) is 11.8 Å². The van der Waals surface area contributed by atoms with E-state index in [0.717, 1.165) is 37.0 Å². The quantitative estimate of drug-likeness (QED) is 0.584. The summed E-state index contributed by atoms with van der Waals surface area (Å²) in [4.78, 5) is 39.1. The van der Waals surface area contributed by atoms with E-state index in [4.69, 9.17) is 0 Å². The van der Waals surface area contributed by atoms with Gasteiger partial charge in [-0.05, 0) is 63.1 Å². The molecule has 9 heteroatoms. The number of nitrogens with one attached hydrogen (secondary N) is 1. The van der Waals surface area contributed by atoms with Crippen LogP contribution in [-0.2, 0) is 9.59 Å². The molecule has 1 heterocycles. The number of aryl methyl sites for hydroxylation is 1. The molecule has 2 amide bonds. The molecule has 1 aliphatic rings. The average molecular weight is 467 g/mol. The van der Waals surface area contributed by atoms with Crippen molar-refractivity contribution < 1.29 is 27.6 Å². The minimum atomic E-state index is -5.19. The molecular formula is C23H25F3N2O3S. The molecule has 1 fully saturated rings. The van der Waals surface area contributed by atoms with Gasteiger partial charge >= 0.3 is 12.1 Å². The Labute approximate surface area is 188 Å². The average Bonchev–Trinajstić information content (AvgIpc) is 3.17. The normalized spacial score (nSPS) is 15.8. The molecule has 172 valence electrons. The summed E-state index contributed by atoms with van der Waals surface area (Å²) < 4.78 is 40.9. The van der Waals surface area contributed by atoms with E-state index in [-0.39, 0.29) is 17.5 Å². The van der Waals surface area contributed by atoms with Gasteiger partial charge in [-0.1, -0.05) is 19.3 Å². The number of amides is 2. The van der Waals surface area contributed by atoms with E-state index in [1.54, 1.807) is 19.1 Å². The van der Waals surface area contributed by atoms with Crippen molar-refractivity contribution in [1.82, 2.24) is 5.32 Å². The number of hydrogen-bond acceptors (Lipinski definition) is 4. The lowest BCUT2D eigenvalue weighted by molar-refractivity contribution is -0.171. The molecule has 1 saturated carbocycles. The van der Waals surface area contributed by atoms with Crippen molar-refractivity contribution in [3.63, 3.8) is 0 Å². The number of nitrogens with zero attached hydrogens (tertiary/aromatic N) is 1. The molecule has 1 aliphatic carbocycles. The molecular weight excluding hydrogens is 441 g/mol. The van der Waals surface area contributed by atoms with Crippen LogP contribution in [-0.4, -0.2) is 29.8 Å². The highest BCUT2D eigenvalue weighted by Crippen LogP contribution is 2.36. The molecule has 1 atom stereocenters. The standard InChI is InChI=1S/C23H25F3N2O3S/c1-14-8-13-19(32-14)20(21(30)27-17-6-4-3-5-7-17)28(22(31)23(24,25)26)18-11-9-16(10-12-18)15(2)29/h8-13,17,20H,3-7H2,1-2H3,(H,27,30). The second kappa shape index (κ2) is 9.85. The Morgan fingerprint density at radius 3 is 2.16 bits per heavy atom. The first-order chi connectivity index (χ1) is 15.1. The molecule has 1 aromatic heterocycles. The topological polar surface area (TPSA) is 66.5 Å². The van der Waals surface area contributed by atoms with E-state index in [1.807, 2.05) is 0 Å². The number of benzene rings is 1. The van der Waals surface area contributed by atoms with Crippen LogP contribution in [0, 0.1) is 6.92 Å². The maximum absolute atomic E-state index is 13.6. The van der Waals surface area contributed by atoms with Crippen LogP contribution in [0.4, 0.5) is 18.9 Å². The van der Waals surface area contributed by atoms with Crippen molar-refractivity contribution in [3.8, 4) is 0 Å². The van der Waals surface area contributed by atoms with E-state index in [2.05, 4.69) is 5.32 Å². The summed E-state index contributed by atoms with van der Waals surface area (Å²) in [5, 5.41) is 2.87. The summed E-state index contributed by atoms with van der Waals surface area (Å²) in [5.74, 6) is -3.04. The van der Waals surface area contributed by atoms with E-state index < -0.39 is 24.0 Å². The summed E-state index contributed by atoms with van der Waals surface area (Å²) in [5.41, 5.74) is 0.190. The van der Waals surface area contributed by atoms with Gasteiger partial charge in [-0.25, -0.2) is 0 Å². The van der Waals surface area contributed by atoms with Crippen LogP contribution in [0.15, 0.2) is 36.4 Å². The number of halogens is 3. The summed E-state index contributed by atoms with van der Waals surface area (Å²) in [6, 6.07) is 6.90. The molecule has 2 aromatic rings. The Kier molecular flexibility index (Phi) is 7.38. The molecule has 1 unspecified atom stereocenters. The lowest BCUT2D eigenvalue weighted by atomic mass is 9.95. The van der Waals surface area contributed by atoms with E-state index in [9.17, 15) is 27.6 Å². The Bertz CT molecular complexity index is 979. The van der Waals surface area contributed by atoms with Crippen LogP contribution in [0.25, 0.3) is 0 Å². The molecule has 0 radical (unpaired) electrons. The van der Waals surface area contributed by atoms with Crippen LogP contribution in [0.2, 0.25) is 0 Å². The largest absolute Gasteiger partial charge is 0.471 e. The van der Waals surface area contributed by atoms with Crippen LogP contribution < -0.4 is 10.2 Å². The molecule has 0 saturated heterocycles. The molecule has 0 bridgehead atoms. The fraction of sp³-hybridized carbons (Fsp3) is 0.435. The summed E-state index contributed by atoms with van der Waals surface area (Å²) in [7, 11) is 0. The minimum absolute atomic E-state index is 0.104. The maximum atomic E-state index is 13.6. The minimum Gasteiger partial charge on any atom is -0.351 e. The van der Waals surface area contributed by atoms with Crippen LogP contribution in [0.1, 0.15) is 65.2 Å². The number of carbonyl (C=O) groups excluding carboxylic acids is 3. The molecule has 5 nitrogen and oxygen atoms in total. The van der Waals surface area contributed by atoms with Crippen molar-refractivity contribution in [2.45, 2.75) is 64.2 Å². The zero-order chi connectivity index (χ0) is 23.5. The number of ketones is 1. The molecule has 3 rings (SSSR count). The van der Waals surface area contributed by atoms with Crippen LogP contribution >= 0.6 is 11.3 Å². The number of rotatable bonds is 6. The first kappa shape index (κ1) is 24.0. The zero-order valence-electron chi connectivity index (χ0n) is 17.9. The smallest absolute Gasteiger partial charge is 0.351 e. The number of hydrogen-bond donors (Lipinski definition) is 1. The summed E-state index contributed by atoms with van der Waals surface area (Å²) in [6.07, 6.45) is -0.752. The fourth-order valence-corrected chi connectivity index (χ4v) is 4.85. The van der Waals surface area contributed by atoms with Crippen LogP contribution in [0.5, 0.6) is 0 Å². The van der Waals surface area contributed by atoms with Crippen molar-refractivity contribution >= 4 is 34.6 Å². The molecule has 0 aliphatic heterocycles. The monoisotopic (exact) mass is 466 g/mol. The predicted octanol–water partition coefficient (Wildman–Crippen LogP) is 5.34. The van der Waals surface area contributed by atoms with Gasteiger partial charge in [0.2, 0.25) is 5.91 Å². The zero-order valence-corrected chi connectivity index (χ0v) is 18.7. The lowest BCUT2D eigenvalue weighted by Crippen LogP contribution is -2.50. The molecule has 0 spiro atoms. The van der Waals surface area contributed by atoms with Crippen molar-refractivity contribution in [1.29, 1.82) is 0 Å². The second-order valence-electron chi connectivity index (χ2n) is 7.97. The molecule has 1 N–H and O–H groups in total. The number of Topliss-reactive ketones (excluding diaryl/α,β-unsaturated/α-hetero) is 1. The molecule has 1 aromatic carbocycles. The van der Waals surface area contributed by atoms with Crippen molar-refractivity contribution in [2.75, 3.05) is 4.90 Å². The second-order valence-corrected chi connectivity index (χ2v) is 9.29. The van der Waals surface area contributed by atoms with Gasteiger partial charge in [0.25, 0.3) is 0 Å². The van der Waals surface area contributed by atoms with Gasteiger partial charge in [0.05, 0.1) is 0 Å². The van der Waals surface area contributed by atoms with Gasteiger partial charge in [-0.2, -0.15) is 13.2 Å². The third-order valence-electron chi connectivity index (χ3n) is 5.50. The Hall–Kier alpha value is -2.68. The third-order valence-corrected chi connectivity index (χ3v) is 6.56.